The minimum absolute atomic E-state index is 0.261. The van der Waals surface area contributed by atoms with Gasteiger partial charge in [-0.2, -0.15) is 0 Å². The van der Waals surface area contributed by atoms with Crippen LogP contribution in [0, 0.1) is 5.82 Å². The predicted molar refractivity (Wildman–Crippen MR) is 67.3 cm³/mol. The summed E-state index contributed by atoms with van der Waals surface area (Å²) in [6.45, 7) is 0.824. The van der Waals surface area contributed by atoms with Gasteiger partial charge in [0.1, 0.15) is 5.82 Å². The fourth-order valence-electron chi connectivity index (χ4n) is 2.15. The molecule has 2 nitrogen and oxygen atoms in total. The van der Waals surface area contributed by atoms with Crippen molar-refractivity contribution in [3.63, 3.8) is 0 Å². The van der Waals surface area contributed by atoms with Crippen LogP contribution < -0.4 is 0 Å². The minimum atomic E-state index is -0.635. The largest absolute Gasteiger partial charge is 0.388 e. The van der Waals surface area contributed by atoms with Crippen molar-refractivity contribution in [2.24, 2.45) is 0 Å². The zero-order valence-electron chi connectivity index (χ0n) is 9.53. The number of hydrogen-bond donors (Lipinski definition) is 1. The molecule has 1 aromatic rings. The zero-order chi connectivity index (χ0) is 12.3. The smallest absolute Gasteiger partial charge is 0.137 e. The van der Waals surface area contributed by atoms with Crippen LogP contribution in [-0.4, -0.2) is 17.8 Å². The molecule has 1 heterocycles. The molecule has 94 valence electrons. The number of aliphatic hydroxyl groups excluding tert-OH is 1. The van der Waals surface area contributed by atoms with Crippen molar-refractivity contribution in [2.45, 2.75) is 37.9 Å². The molecule has 1 aliphatic heterocycles. The Morgan fingerprint density at radius 2 is 2.35 bits per heavy atom. The van der Waals surface area contributed by atoms with E-state index >= 15 is 0 Å². The highest BCUT2D eigenvalue weighted by Crippen LogP contribution is 2.30. The molecule has 0 saturated carbocycles. The number of benzene rings is 1. The standard InChI is InChI=1S/C13H16BrFO2/c14-13-10(4-1-5-11(13)15)12(16)7-6-9-3-2-8-17-9/h1,4-5,9,12,16H,2-3,6-8H2. The van der Waals surface area contributed by atoms with Crippen LogP contribution in [0.5, 0.6) is 0 Å². The summed E-state index contributed by atoms with van der Waals surface area (Å²) < 4.78 is 19.2. The van der Waals surface area contributed by atoms with Crippen molar-refractivity contribution in [1.29, 1.82) is 0 Å². The summed E-state index contributed by atoms with van der Waals surface area (Å²) in [5.74, 6) is -0.335. The molecule has 2 rings (SSSR count). The van der Waals surface area contributed by atoms with Crippen LogP contribution in [0.2, 0.25) is 0 Å². The van der Waals surface area contributed by atoms with Crippen LogP contribution >= 0.6 is 15.9 Å². The third-order valence-electron chi connectivity index (χ3n) is 3.13. The van der Waals surface area contributed by atoms with E-state index < -0.39 is 6.10 Å². The Balaban J connectivity index is 1.94. The second-order valence-corrected chi connectivity index (χ2v) is 5.16. The summed E-state index contributed by atoms with van der Waals surface area (Å²) in [5, 5.41) is 10.0. The molecule has 0 aromatic heterocycles. The average molecular weight is 303 g/mol. The first kappa shape index (κ1) is 13.0. The van der Waals surface area contributed by atoms with Gasteiger partial charge in [-0.05, 0) is 53.2 Å². The number of aliphatic hydroxyl groups is 1. The van der Waals surface area contributed by atoms with E-state index in [1.165, 1.54) is 6.07 Å². The van der Waals surface area contributed by atoms with Crippen LogP contribution in [0.3, 0.4) is 0 Å². The van der Waals surface area contributed by atoms with Crippen molar-refractivity contribution in [2.75, 3.05) is 6.61 Å². The molecule has 0 bridgehead atoms. The maximum absolute atomic E-state index is 13.3. The van der Waals surface area contributed by atoms with Gasteiger partial charge < -0.3 is 9.84 Å². The summed E-state index contributed by atoms with van der Waals surface area (Å²) in [7, 11) is 0. The lowest BCUT2D eigenvalue weighted by molar-refractivity contribution is 0.0810. The summed E-state index contributed by atoms with van der Waals surface area (Å²) in [5.41, 5.74) is 0.614. The molecule has 17 heavy (non-hydrogen) atoms. The van der Waals surface area contributed by atoms with Gasteiger partial charge in [0.15, 0.2) is 0 Å². The van der Waals surface area contributed by atoms with E-state index in [0.29, 0.717) is 16.5 Å². The van der Waals surface area contributed by atoms with Crippen LogP contribution in [0.25, 0.3) is 0 Å². The lowest BCUT2D eigenvalue weighted by atomic mass is 10.0. The molecule has 0 aliphatic carbocycles. The third-order valence-corrected chi connectivity index (χ3v) is 3.96. The lowest BCUT2D eigenvalue weighted by Gasteiger charge is -2.15. The van der Waals surface area contributed by atoms with Crippen LogP contribution in [0.15, 0.2) is 22.7 Å². The molecule has 1 aliphatic rings. The van der Waals surface area contributed by atoms with E-state index in [-0.39, 0.29) is 11.9 Å². The summed E-state index contributed by atoms with van der Waals surface area (Å²) in [6, 6.07) is 4.73. The van der Waals surface area contributed by atoms with Crippen molar-refractivity contribution in [3.8, 4) is 0 Å². The van der Waals surface area contributed by atoms with E-state index in [0.717, 1.165) is 25.9 Å². The Labute approximate surface area is 109 Å². The number of hydrogen-bond acceptors (Lipinski definition) is 2. The molecule has 1 fully saturated rings. The number of halogens is 2. The maximum Gasteiger partial charge on any atom is 0.137 e. The molecule has 1 saturated heterocycles. The van der Waals surface area contributed by atoms with E-state index in [9.17, 15) is 9.50 Å². The van der Waals surface area contributed by atoms with Gasteiger partial charge in [0.25, 0.3) is 0 Å². The Bertz CT molecular complexity index is 378. The van der Waals surface area contributed by atoms with Crippen molar-refractivity contribution < 1.29 is 14.2 Å². The zero-order valence-corrected chi connectivity index (χ0v) is 11.1. The first-order chi connectivity index (χ1) is 8.18. The quantitative estimate of drug-likeness (QED) is 0.921. The molecule has 4 heteroatoms. The van der Waals surface area contributed by atoms with Crippen molar-refractivity contribution >= 4 is 15.9 Å². The first-order valence-electron chi connectivity index (χ1n) is 5.92. The maximum atomic E-state index is 13.3. The molecule has 0 amide bonds. The minimum Gasteiger partial charge on any atom is -0.388 e. The fraction of sp³-hybridized carbons (Fsp3) is 0.538. The SMILES string of the molecule is OC(CCC1CCCO1)c1cccc(F)c1Br. The number of rotatable bonds is 4. The van der Waals surface area contributed by atoms with Gasteiger partial charge in [0.2, 0.25) is 0 Å². The van der Waals surface area contributed by atoms with Gasteiger partial charge >= 0.3 is 0 Å². The molecular weight excluding hydrogens is 287 g/mol. The highest BCUT2D eigenvalue weighted by atomic mass is 79.9. The van der Waals surface area contributed by atoms with Gasteiger partial charge in [-0.15, -0.1) is 0 Å². The molecule has 1 N–H and O–H groups in total. The van der Waals surface area contributed by atoms with Crippen LogP contribution in [0.1, 0.15) is 37.4 Å². The van der Waals surface area contributed by atoms with E-state index in [4.69, 9.17) is 4.74 Å². The third kappa shape index (κ3) is 3.27. The summed E-state index contributed by atoms with van der Waals surface area (Å²) in [6.07, 6.45) is 3.22. The highest BCUT2D eigenvalue weighted by Gasteiger charge is 2.19. The normalized spacial score (nSPS) is 21.7. The summed E-state index contributed by atoms with van der Waals surface area (Å²) >= 11 is 3.17. The number of ether oxygens (including phenoxy) is 1. The van der Waals surface area contributed by atoms with Crippen molar-refractivity contribution in [3.05, 3.63) is 34.1 Å². The Morgan fingerprint density at radius 1 is 1.53 bits per heavy atom. The first-order valence-corrected chi connectivity index (χ1v) is 6.71. The topological polar surface area (TPSA) is 29.5 Å². The molecule has 2 atom stereocenters. The van der Waals surface area contributed by atoms with Gasteiger partial charge in [0, 0.05) is 6.61 Å². The monoisotopic (exact) mass is 302 g/mol. The molecule has 0 radical (unpaired) electrons. The lowest BCUT2D eigenvalue weighted by Crippen LogP contribution is -2.08. The van der Waals surface area contributed by atoms with Crippen LogP contribution in [0.4, 0.5) is 4.39 Å². The van der Waals surface area contributed by atoms with Gasteiger partial charge in [0.05, 0.1) is 16.7 Å². The summed E-state index contributed by atoms with van der Waals surface area (Å²) in [4.78, 5) is 0. The molecule has 0 spiro atoms. The van der Waals surface area contributed by atoms with Crippen LogP contribution in [-0.2, 0) is 4.74 Å². The van der Waals surface area contributed by atoms with Crippen molar-refractivity contribution in [1.82, 2.24) is 0 Å². The van der Waals surface area contributed by atoms with Gasteiger partial charge in [-0.1, -0.05) is 12.1 Å². The Hall–Kier alpha value is -0.450. The fourth-order valence-corrected chi connectivity index (χ4v) is 2.68. The molecule has 2 unspecified atom stereocenters. The second kappa shape index (κ2) is 5.94. The Kier molecular flexibility index (Phi) is 4.54. The van der Waals surface area contributed by atoms with E-state index in [1.807, 2.05) is 0 Å². The highest BCUT2D eigenvalue weighted by molar-refractivity contribution is 9.10. The molecule has 1 aromatic carbocycles. The predicted octanol–water partition coefficient (Wildman–Crippen LogP) is 3.58. The second-order valence-electron chi connectivity index (χ2n) is 4.37. The average Bonchev–Trinajstić information content (AvgIpc) is 2.82. The van der Waals surface area contributed by atoms with Gasteiger partial charge in [-0.3, -0.25) is 0 Å². The van der Waals surface area contributed by atoms with E-state index in [1.54, 1.807) is 12.1 Å². The van der Waals surface area contributed by atoms with Gasteiger partial charge in [-0.25, -0.2) is 4.39 Å². The van der Waals surface area contributed by atoms with E-state index in [2.05, 4.69) is 15.9 Å². The molecular formula is C13H16BrFO2. The Morgan fingerprint density at radius 3 is 3.06 bits per heavy atom.